The van der Waals surface area contributed by atoms with Gasteiger partial charge in [-0.05, 0) is 32.0 Å². The lowest BCUT2D eigenvalue weighted by atomic mass is 10.2. The van der Waals surface area contributed by atoms with E-state index >= 15 is 0 Å². The van der Waals surface area contributed by atoms with Crippen molar-refractivity contribution >= 4 is 28.2 Å². The van der Waals surface area contributed by atoms with Crippen LogP contribution in [0.5, 0.6) is 0 Å². The van der Waals surface area contributed by atoms with Gasteiger partial charge in [-0.25, -0.2) is 14.6 Å². The number of ether oxygens (including phenoxy) is 1. The van der Waals surface area contributed by atoms with E-state index in [2.05, 4.69) is 20.4 Å². The highest BCUT2D eigenvalue weighted by Gasteiger charge is 2.27. The minimum Gasteiger partial charge on any atom is -0.368 e. The molecule has 156 valence electrons. The monoisotopic (exact) mass is 426 g/mol. The van der Waals surface area contributed by atoms with Crippen molar-refractivity contribution in [3.8, 4) is 0 Å². The van der Waals surface area contributed by atoms with Crippen molar-refractivity contribution in [3.05, 3.63) is 63.1 Å². The second kappa shape index (κ2) is 8.72. The van der Waals surface area contributed by atoms with Crippen molar-refractivity contribution < 1.29 is 9.53 Å². The molecule has 1 fully saturated rings. The molecule has 1 saturated heterocycles. The number of aromatic nitrogens is 4. The number of morpholine rings is 1. The zero-order chi connectivity index (χ0) is 21.1. The first kappa shape index (κ1) is 20.2. The van der Waals surface area contributed by atoms with Gasteiger partial charge in [-0.3, -0.25) is 9.59 Å². The van der Waals surface area contributed by atoms with Crippen LogP contribution >= 0.6 is 11.3 Å². The average Bonchev–Trinajstić information content (AvgIpc) is 3.15. The highest BCUT2D eigenvalue weighted by Crippen LogP contribution is 2.24. The Balaban J connectivity index is 1.44. The Labute approximate surface area is 177 Å². The Bertz CT molecular complexity index is 1110. The van der Waals surface area contributed by atoms with E-state index in [-0.39, 0.29) is 24.1 Å². The van der Waals surface area contributed by atoms with E-state index in [1.54, 1.807) is 17.9 Å². The molecule has 1 atom stereocenters. The van der Waals surface area contributed by atoms with Crippen molar-refractivity contribution in [2.45, 2.75) is 26.5 Å². The maximum Gasteiger partial charge on any atom is 0.267 e. The first-order chi connectivity index (χ1) is 14.5. The summed E-state index contributed by atoms with van der Waals surface area (Å²) in [5.41, 5.74) is 2.07. The lowest BCUT2D eigenvalue weighted by Gasteiger charge is -2.32. The van der Waals surface area contributed by atoms with Gasteiger partial charge in [-0.2, -0.15) is 5.10 Å². The Morgan fingerprint density at radius 1 is 1.23 bits per heavy atom. The van der Waals surface area contributed by atoms with Gasteiger partial charge in [0.15, 0.2) is 5.13 Å². The van der Waals surface area contributed by atoms with Gasteiger partial charge in [0.25, 0.3) is 5.56 Å². The summed E-state index contributed by atoms with van der Waals surface area (Å²) in [6.07, 6.45) is -0.343. The van der Waals surface area contributed by atoms with Gasteiger partial charge in [0.2, 0.25) is 5.91 Å². The molecule has 30 heavy (non-hydrogen) atoms. The predicted octanol–water partition coefficient (Wildman–Crippen LogP) is 2.06. The van der Waals surface area contributed by atoms with Crippen LogP contribution in [0.15, 0.2) is 40.5 Å². The minimum absolute atomic E-state index is 0.0916. The van der Waals surface area contributed by atoms with Crippen LogP contribution in [0.3, 0.4) is 0 Å². The fourth-order valence-corrected chi connectivity index (χ4v) is 3.86. The van der Waals surface area contributed by atoms with Crippen LogP contribution < -0.4 is 10.9 Å². The average molecular weight is 427 g/mol. The lowest BCUT2D eigenvalue weighted by Crippen LogP contribution is -2.45. The summed E-state index contributed by atoms with van der Waals surface area (Å²) in [7, 11) is 0. The van der Waals surface area contributed by atoms with Crippen molar-refractivity contribution in [2.75, 3.05) is 25.0 Å². The number of rotatable bonds is 5. The van der Waals surface area contributed by atoms with Gasteiger partial charge in [-0.1, -0.05) is 6.07 Å². The summed E-state index contributed by atoms with van der Waals surface area (Å²) < 4.78 is 7.06. The van der Waals surface area contributed by atoms with E-state index in [0.29, 0.717) is 31.2 Å². The third-order valence-electron chi connectivity index (χ3n) is 4.66. The smallest absolute Gasteiger partial charge is 0.267 e. The van der Waals surface area contributed by atoms with E-state index < -0.39 is 0 Å². The standard InChI is InChI=1S/C20H22N6O3S/c1-13-6-7-18(27)26(24-13)11-19(28)25-8-9-29-16(10-25)15-4-3-5-17(22-15)23-20-21-14(2)12-30-20/h3-7,12,16H,8-11H2,1-2H3,(H,21,22,23). The number of hydrogen-bond acceptors (Lipinski definition) is 8. The third-order valence-corrected chi connectivity index (χ3v) is 5.53. The molecule has 3 aromatic heterocycles. The Morgan fingerprint density at radius 2 is 2.10 bits per heavy atom. The topological polar surface area (TPSA) is 102 Å². The van der Waals surface area contributed by atoms with Gasteiger partial charge in [0, 0.05) is 18.0 Å². The molecule has 9 nitrogen and oxygen atoms in total. The molecule has 4 rings (SSSR count). The number of thiazole rings is 1. The molecule has 1 amide bonds. The van der Waals surface area contributed by atoms with Crippen molar-refractivity contribution in [2.24, 2.45) is 0 Å². The molecule has 3 aromatic rings. The Hall–Kier alpha value is -3.11. The molecule has 1 N–H and O–H groups in total. The second-order valence-corrected chi connectivity index (χ2v) is 7.89. The zero-order valence-electron chi connectivity index (χ0n) is 16.7. The molecule has 1 aliphatic rings. The summed E-state index contributed by atoms with van der Waals surface area (Å²) in [6.45, 7) is 4.86. The molecular weight excluding hydrogens is 404 g/mol. The zero-order valence-corrected chi connectivity index (χ0v) is 17.6. The molecule has 0 aromatic carbocycles. The van der Waals surface area contributed by atoms with E-state index in [1.165, 1.54) is 22.1 Å². The minimum atomic E-state index is -0.343. The Kier molecular flexibility index (Phi) is 5.86. The van der Waals surface area contributed by atoms with E-state index in [9.17, 15) is 9.59 Å². The van der Waals surface area contributed by atoms with E-state index in [0.717, 1.165) is 16.5 Å². The number of aryl methyl sites for hydroxylation is 2. The van der Waals surface area contributed by atoms with Crippen molar-refractivity contribution in [3.63, 3.8) is 0 Å². The molecule has 1 aliphatic heterocycles. The SMILES string of the molecule is Cc1csc(Nc2cccc(C3CN(C(=O)Cn4nc(C)ccc4=O)CCO3)n2)n1. The van der Waals surface area contributed by atoms with Gasteiger partial charge in [0.05, 0.1) is 30.2 Å². The molecular formula is C20H22N6O3S. The number of anilines is 2. The number of carbonyl (C=O) groups excluding carboxylic acids is 1. The molecule has 10 heteroatoms. The van der Waals surface area contributed by atoms with Gasteiger partial charge < -0.3 is 15.0 Å². The summed E-state index contributed by atoms with van der Waals surface area (Å²) >= 11 is 1.51. The van der Waals surface area contributed by atoms with Gasteiger partial charge >= 0.3 is 0 Å². The fourth-order valence-electron chi connectivity index (χ4n) is 3.17. The molecule has 0 spiro atoms. The number of nitrogens with zero attached hydrogens (tertiary/aromatic N) is 5. The van der Waals surface area contributed by atoms with Crippen molar-refractivity contribution in [1.82, 2.24) is 24.6 Å². The van der Waals surface area contributed by atoms with Gasteiger partial charge in [0.1, 0.15) is 18.5 Å². The number of pyridine rings is 1. The first-order valence-corrected chi connectivity index (χ1v) is 10.5. The van der Waals surface area contributed by atoms with Crippen LogP contribution in [0.2, 0.25) is 0 Å². The molecule has 1 unspecified atom stereocenters. The van der Waals surface area contributed by atoms with Crippen LogP contribution in [0.25, 0.3) is 0 Å². The summed E-state index contributed by atoms with van der Waals surface area (Å²) in [5, 5.41) is 10.1. The summed E-state index contributed by atoms with van der Waals surface area (Å²) in [5.74, 6) is 0.500. The predicted molar refractivity (Wildman–Crippen MR) is 113 cm³/mol. The van der Waals surface area contributed by atoms with E-state index in [1.807, 2.05) is 30.5 Å². The number of amides is 1. The number of carbonyl (C=O) groups is 1. The molecule has 0 aliphatic carbocycles. The van der Waals surface area contributed by atoms with E-state index in [4.69, 9.17) is 4.74 Å². The van der Waals surface area contributed by atoms with Crippen LogP contribution in [-0.2, 0) is 16.1 Å². The Morgan fingerprint density at radius 3 is 2.90 bits per heavy atom. The quantitative estimate of drug-likeness (QED) is 0.666. The molecule has 0 radical (unpaired) electrons. The maximum absolute atomic E-state index is 12.7. The van der Waals surface area contributed by atoms with Crippen molar-refractivity contribution in [1.29, 1.82) is 0 Å². The summed E-state index contributed by atoms with van der Waals surface area (Å²) in [4.78, 5) is 35.4. The van der Waals surface area contributed by atoms with Crippen LogP contribution in [0.4, 0.5) is 10.9 Å². The molecule has 0 saturated carbocycles. The summed E-state index contributed by atoms with van der Waals surface area (Å²) in [6, 6.07) is 8.69. The number of nitrogens with one attached hydrogen (secondary N) is 1. The van der Waals surface area contributed by atoms with Crippen LogP contribution in [0, 0.1) is 13.8 Å². The molecule has 4 heterocycles. The largest absolute Gasteiger partial charge is 0.368 e. The van der Waals surface area contributed by atoms with Crippen LogP contribution in [-0.4, -0.2) is 50.3 Å². The first-order valence-electron chi connectivity index (χ1n) is 9.58. The van der Waals surface area contributed by atoms with Gasteiger partial charge in [-0.15, -0.1) is 11.3 Å². The fraction of sp³-hybridized carbons (Fsp3) is 0.350. The second-order valence-electron chi connectivity index (χ2n) is 7.04. The third kappa shape index (κ3) is 4.71. The van der Waals surface area contributed by atoms with Crippen LogP contribution in [0.1, 0.15) is 23.2 Å². The lowest BCUT2D eigenvalue weighted by molar-refractivity contribution is -0.140. The number of hydrogen-bond donors (Lipinski definition) is 1. The highest BCUT2D eigenvalue weighted by atomic mass is 32.1. The normalized spacial score (nSPS) is 16.5. The highest BCUT2D eigenvalue weighted by molar-refractivity contribution is 7.13. The molecule has 0 bridgehead atoms. The maximum atomic E-state index is 12.7.